The number of esters is 2. The van der Waals surface area contributed by atoms with Crippen LogP contribution in [0.5, 0.6) is 0 Å². The highest BCUT2D eigenvalue weighted by atomic mass is 31.2. The van der Waals surface area contributed by atoms with Gasteiger partial charge in [-0.2, -0.15) is 0 Å². The molecule has 1 unspecified atom stereocenters. The average Bonchev–Trinajstić information content (AvgIpc) is 3.21. The molecule has 0 radical (unpaired) electrons. The van der Waals surface area contributed by atoms with Gasteiger partial charge in [0.1, 0.15) is 12.6 Å². The molecule has 0 aliphatic carbocycles. The molecule has 0 heterocycles. The molecule has 346 valence electrons. The summed E-state index contributed by atoms with van der Waals surface area (Å²) in [6, 6.07) is -1.52. The molecule has 0 aromatic heterocycles. The highest BCUT2D eigenvalue weighted by molar-refractivity contribution is 7.47. The Morgan fingerprint density at radius 1 is 0.525 bits per heavy atom. The second kappa shape index (κ2) is 42.6. The number of ether oxygens (including phenoxy) is 2. The third kappa shape index (κ3) is 42.4. The number of carboxylic acid groups (broad SMARTS) is 1. The number of phosphoric ester groups is 1. The van der Waals surface area contributed by atoms with Crippen LogP contribution in [0.3, 0.4) is 0 Å². The lowest BCUT2D eigenvalue weighted by molar-refractivity contribution is -0.161. The zero-order chi connectivity index (χ0) is 43.5. The normalized spacial score (nSPS) is 13.8. The summed E-state index contributed by atoms with van der Waals surface area (Å²) in [6.07, 6.45) is 45.2. The van der Waals surface area contributed by atoms with E-state index in [-0.39, 0.29) is 19.4 Å². The minimum absolute atomic E-state index is 0.165. The van der Waals surface area contributed by atoms with E-state index in [1.165, 1.54) is 135 Å². The lowest BCUT2D eigenvalue weighted by Crippen LogP contribution is -2.34. The van der Waals surface area contributed by atoms with Gasteiger partial charge >= 0.3 is 25.7 Å². The van der Waals surface area contributed by atoms with Crippen molar-refractivity contribution in [2.45, 2.75) is 238 Å². The fraction of sp³-hybridized carbons (Fsp3) is 0.851. The van der Waals surface area contributed by atoms with Crippen molar-refractivity contribution in [3.8, 4) is 0 Å². The van der Waals surface area contributed by atoms with E-state index in [0.29, 0.717) is 12.8 Å². The van der Waals surface area contributed by atoms with Crippen LogP contribution in [-0.2, 0) is 37.5 Å². The van der Waals surface area contributed by atoms with Gasteiger partial charge in [-0.1, -0.05) is 192 Å². The Bertz CT molecular complexity index is 1100. The van der Waals surface area contributed by atoms with Gasteiger partial charge in [0.05, 0.1) is 13.2 Å². The molecule has 0 rings (SSSR count). The zero-order valence-electron chi connectivity index (χ0n) is 37.6. The summed E-state index contributed by atoms with van der Waals surface area (Å²) in [5.74, 6) is -2.37. The second-order valence-corrected chi connectivity index (χ2v) is 17.7. The Hall–Kier alpha value is -2.04. The van der Waals surface area contributed by atoms with Crippen molar-refractivity contribution in [1.82, 2.24) is 0 Å². The smallest absolute Gasteiger partial charge is 0.472 e. The van der Waals surface area contributed by atoms with Crippen molar-refractivity contribution < 1.29 is 47.5 Å². The first-order valence-corrected chi connectivity index (χ1v) is 25.4. The molecule has 0 spiro atoms. The number of carboxylic acids is 1. The molecule has 0 aromatic rings. The molecule has 59 heavy (non-hydrogen) atoms. The molecule has 0 saturated carbocycles. The van der Waals surface area contributed by atoms with Crippen LogP contribution in [0.1, 0.15) is 226 Å². The van der Waals surface area contributed by atoms with Crippen LogP contribution in [0.15, 0.2) is 24.3 Å². The fourth-order valence-corrected chi connectivity index (χ4v) is 7.46. The summed E-state index contributed by atoms with van der Waals surface area (Å²) < 4.78 is 32.8. The van der Waals surface area contributed by atoms with Crippen molar-refractivity contribution in [3.63, 3.8) is 0 Å². The topological polar surface area (TPSA) is 172 Å². The number of nitrogens with two attached hydrogens (primary N) is 1. The molecule has 12 heteroatoms. The van der Waals surface area contributed by atoms with Crippen LogP contribution in [0.2, 0.25) is 0 Å². The zero-order valence-corrected chi connectivity index (χ0v) is 38.5. The minimum Gasteiger partial charge on any atom is -0.480 e. The van der Waals surface area contributed by atoms with Gasteiger partial charge in [0.2, 0.25) is 0 Å². The van der Waals surface area contributed by atoms with Gasteiger partial charge in [0.15, 0.2) is 6.10 Å². The summed E-state index contributed by atoms with van der Waals surface area (Å²) in [4.78, 5) is 46.1. The van der Waals surface area contributed by atoms with Gasteiger partial charge < -0.3 is 25.2 Å². The fourth-order valence-electron chi connectivity index (χ4n) is 6.68. The average molecular weight is 858 g/mol. The van der Waals surface area contributed by atoms with Crippen molar-refractivity contribution in [3.05, 3.63) is 24.3 Å². The molecular formula is C47H88NO10P. The predicted molar refractivity (Wildman–Crippen MR) is 240 cm³/mol. The van der Waals surface area contributed by atoms with Gasteiger partial charge in [-0.15, -0.1) is 0 Å². The third-order valence-electron chi connectivity index (χ3n) is 10.5. The molecule has 0 saturated heterocycles. The van der Waals surface area contributed by atoms with E-state index >= 15 is 0 Å². The lowest BCUT2D eigenvalue weighted by atomic mass is 10.0. The monoisotopic (exact) mass is 858 g/mol. The maximum atomic E-state index is 12.7. The van der Waals surface area contributed by atoms with E-state index in [1.807, 2.05) is 0 Å². The molecule has 0 aromatic carbocycles. The van der Waals surface area contributed by atoms with Crippen LogP contribution >= 0.6 is 7.82 Å². The van der Waals surface area contributed by atoms with Crippen molar-refractivity contribution in [2.24, 2.45) is 5.73 Å². The van der Waals surface area contributed by atoms with Crippen molar-refractivity contribution in [1.29, 1.82) is 0 Å². The number of hydrogen-bond acceptors (Lipinski definition) is 9. The number of phosphoric acid groups is 1. The molecule has 0 bridgehead atoms. The summed E-state index contributed by atoms with van der Waals surface area (Å²) in [5.41, 5.74) is 5.34. The van der Waals surface area contributed by atoms with Crippen LogP contribution in [0.4, 0.5) is 0 Å². The summed E-state index contributed by atoms with van der Waals surface area (Å²) >= 11 is 0. The molecule has 3 atom stereocenters. The molecule has 0 fully saturated rings. The first-order chi connectivity index (χ1) is 28.6. The number of unbranched alkanes of at least 4 members (excludes halogenated alkanes) is 27. The van der Waals surface area contributed by atoms with Gasteiger partial charge in [0.25, 0.3) is 0 Å². The summed E-state index contributed by atoms with van der Waals surface area (Å²) in [6.45, 7) is 2.81. The number of hydrogen-bond donors (Lipinski definition) is 3. The van der Waals surface area contributed by atoms with E-state index < -0.39 is 51.1 Å². The molecule has 11 nitrogen and oxygen atoms in total. The number of allylic oxidation sites excluding steroid dienone is 4. The summed E-state index contributed by atoms with van der Waals surface area (Å²) in [7, 11) is -4.72. The molecule has 0 amide bonds. The predicted octanol–water partition coefficient (Wildman–Crippen LogP) is 13.0. The molecule has 0 aliphatic rings. The summed E-state index contributed by atoms with van der Waals surface area (Å²) in [5, 5.41) is 8.90. The van der Waals surface area contributed by atoms with E-state index in [2.05, 4.69) is 42.7 Å². The Kier molecular flexibility index (Phi) is 41.2. The number of aliphatic carboxylic acids is 1. The minimum atomic E-state index is -4.72. The third-order valence-corrected chi connectivity index (χ3v) is 11.4. The van der Waals surface area contributed by atoms with E-state index in [1.54, 1.807) is 0 Å². The molecular weight excluding hydrogens is 769 g/mol. The van der Waals surface area contributed by atoms with Crippen LogP contribution in [0.25, 0.3) is 0 Å². The van der Waals surface area contributed by atoms with Gasteiger partial charge in [0, 0.05) is 12.8 Å². The highest BCUT2D eigenvalue weighted by Gasteiger charge is 2.28. The van der Waals surface area contributed by atoms with E-state index in [9.17, 15) is 23.8 Å². The number of carbonyl (C=O) groups excluding carboxylic acids is 2. The number of carbonyl (C=O) groups is 3. The maximum Gasteiger partial charge on any atom is 0.472 e. The number of rotatable bonds is 45. The second-order valence-electron chi connectivity index (χ2n) is 16.2. The maximum absolute atomic E-state index is 12.7. The van der Waals surface area contributed by atoms with Crippen LogP contribution in [-0.4, -0.2) is 59.9 Å². The van der Waals surface area contributed by atoms with Gasteiger partial charge in [-0.3, -0.25) is 23.4 Å². The Balaban J connectivity index is 4.27. The highest BCUT2D eigenvalue weighted by Crippen LogP contribution is 2.43. The van der Waals surface area contributed by atoms with Crippen molar-refractivity contribution >= 4 is 25.7 Å². The largest absolute Gasteiger partial charge is 0.480 e. The van der Waals surface area contributed by atoms with Crippen molar-refractivity contribution in [2.75, 3.05) is 19.8 Å². The first-order valence-electron chi connectivity index (χ1n) is 23.9. The van der Waals surface area contributed by atoms with Crippen LogP contribution < -0.4 is 5.73 Å². The molecule has 0 aliphatic heterocycles. The van der Waals surface area contributed by atoms with Crippen LogP contribution in [0, 0.1) is 0 Å². The van der Waals surface area contributed by atoms with Gasteiger partial charge in [-0.05, 0) is 44.9 Å². The standard InChI is InChI=1S/C47H88NO10P/c1-3-5-7-9-11-13-15-17-19-21-22-23-25-26-28-30-32-34-36-38-45(49)55-40-43(41-56-59(53,54)57-42-44(48)47(51)52)58-46(50)39-37-35-33-31-29-27-24-20-18-16-14-12-10-8-6-4-2/h11,13,17,19,43-44H,3-10,12,14-16,18,20-42,48H2,1-2H3,(H,51,52)(H,53,54)/b13-11-,19-17-/t43-,44+/m1/s1. The van der Waals surface area contributed by atoms with Gasteiger partial charge in [-0.25, -0.2) is 4.57 Å². The van der Waals surface area contributed by atoms with E-state index in [4.69, 9.17) is 24.8 Å². The Morgan fingerprint density at radius 2 is 0.898 bits per heavy atom. The van der Waals surface area contributed by atoms with E-state index in [0.717, 1.165) is 51.4 Å². The SMILES string of the molecule is CCCCC/C=C\C/C=C\CCCCCCCCCCCC(=O)OC[C@H](COP(=O)(O)OC[C@H](N)C(=O)O)OC(=O)CCCCCCCCCCCCCCCCCC. The molecule has 4 N–H and O–H groups in total. The first kappa shape index (κ1) is 57.0. The Morgan fingerprint density at radius 3 is 1.36 bits per heavy atom. The lowest BCUT2D eigenvalue weighted by Gasteiger charge is -2.20. The Labute approximate surface area is 360 Å². The quantitative estimate of drug-likeness (QED) is 0.0230.